The summed E-state index contributed by atoms with van der Waals surface area (Å²) in [5, 5.41) is 0. The summed E-state index contributed by atoms with van der Waals surface area (Å²) in [6.45, 7) is 0. The Morgan fingerprint density at radius 3 is 1.39 bits per heavy atom. The summed E-state index contributed by atoms with van der Waals surface area (Å²) in [6.07, 6.45) is 6.93. The number of rotatable bonds is 5. The second kappa shape index (κ2) is 17.0. The number of fused-ring (bicyclic) bond motifs is 24. The molecule has 12 aromatic carbocycles. The zero-order valence-corrected chi connectivity index (χ0v) is 45.7. The molecule has 3 nitrogen and oxygen atoms in total. The van der Waals surface area contributed by atoms with Crippen molar-refractivity contribution in [2.24, 2.45) is 0 Å². The van der Waals surface area contributed by atoms with E-state index in [-0.39, 0.29) is 12.0 Å². The summed E-state index contributed by atoms with van der Waals surface area (Å²) in [7, 11) is 0. The monoisotopic (exact) mass is 1070 g/mol. The summed E-state index contributed by atoms with van der Waals surface area (Å²) in [5.74, 6) is 1.78. The summed E-state index contributed by atoms with van der Waals surface area (Å²) in [4.78, 5) is 5.34. The topological polar surface area (TPSA) is 27.1 Å². The molecule has 0 saturated heterocycles. The number of ether oxygens (including phenoxy) is 1. The van der Waals surface area contributed by atoms with Crippen LogP contribution >= 0.6 is 0 Å². The van der Waals surface area contributed by atoms with Crippen LogP contribution in [0.1, 0.15) is 61.6 Å². The van der Waals surface area contributed by atoms with Crippen molar-refractivity contribution in [1.82, 2.24) is 9.55 Å². The van der Waals surface area contributed by atoms with Crippen molar-refractivity contribution in [2.45, 2.75) is 22.9 Å². The first-order chi connectivity index (χ1) is 41.6. The number of benzene rings is 12. The van der Waals surface area contributed by atoms with E-state index in [2.05, 4.69) is 296 Å². The van der Waals surface area contributed by atoms with Crippen LogP contribution in [0.2, 0.25) is 0 Å². The number of hydrogen-bond donors (Lipinski definition) is 0. The highest BCUT2D eigenvalue weighted by Gasteiger charge is 2.53. The molecule has 0 bridgehead atoms. The van der Waals surface area contributed by atoms with Gasteiger partial charge in [-0.3, -0.25) is 4.57 Å². The first-order valence-corrected chi connectivity index (χ1v) is 29.4. The second-order valence-electron chi connectivity index (χ2n) is 23.5. The molecular weight excluding hydrogens is 1020 g/mol. The SMILES string of the molecule is C1=CC2Oc3c(-c4cccc(-c5nc6ccccc6n5-c5ccccc5)c4)cc(-c4ccc5c(c4)C4(c6ccccc6-c6ccccc64)c4ccccc4-5)cc3C2C=C1c1ccc2c(c1)C1(c3ccccc3-c3ccccc31)c1ccccc1-2. The Morgan fingerprint density at radius 1 is 0.345 bits per heavy atom. The van der Waals surface area contributed by atoms with Crippen molar-refractivity contribution in [3.05, 3.63) is 347 Å². The minimum atomic E-state index is -0.467. The average molecular weight is 1070 g/mol. The molecular formula is C81H50N2O. The third-order valence-corrected chi connectivity index (χ3v) is 19.6. The number of hydrogen-bond acceptors (Lipinski definition) is 2. The lowest BCUT2D eigenvalue weighted by molar-refractivity contribution is 0.270. The molecule has 1 aromatic heterocycles. The molecule has 2 heterocycles. The smallest absolute Gasteiger partial charge is 0.145 e. The summed E-state index contributed by atoms with van der Waals surface area (Å²) in [6, 6.07) is 102. The van der Waals surface area contributed by atoms with Gasteiger partial charge in [0.2, 0.25) is 0 Å². The molecule has 0 amide bonds. The standard InChI is InChI=1S/C81H50N2O/c1-2-21-55(22-3-1)83-76-36-17-16-35-75(76)82-79(83)53-20-18-19-52(43-53)64-45-54(51-38-41-63-61-28-9-15-34-72(61)81(74(63)48-51)69-31-12-6-25-58(69)59-26-7-13-32-70(59)81)46-66-65-44-49(39-42-77(65)84-78(64)66)50-37-40-62-60-27-8-14-33-71(60)80(73(62)47-50)67-29-10-4-23-56(67)57-24-5-11-30-68(57)80/h1-48,65,77H. The molecule has 0 fully saturated rings. The quantitative estimate of drug-likeness (QED) is 0.172. The Balaban J connectivity index is 0.807. The Bertz CT molecular complexity index is 4960. The van der Waals surface area contributed by atoms with Crippen molar-refractivity contribution in [3.8, 4) is 89.6 Å². The molecule has 5 aliphatic carbocycles. The molecule has 0 radical (unpaired) electrons. The van der Waals surface area contributed by atoms with Crippen molar-refractivity contribution in [3.63, 3.8) is 0 Å². The van der Waals surface area contributed by atoms with Crippen molar-refractivity contribution < 1.29 is 4.74 Å². The fraction of sp³-hybridized carbons (Fsp3) is 0.0494. The molecule has 2 spiro atoms. The Morgan fingerprint density at radius 2 is 0.821 bits per heavy atom. The minimum Gasteiger partial charge on any atom is -0.484 e. The van der Waals surface area contributed by atoms with Crippen LogP contribution in [0.5, 0.6) is 5.75 Å². The van der Waals surface area contributed by atoms with Gasteiger partial charge in [-0.2, -0.15) is 0 Å². The van der Waals surface area contributed by atoms with Crippen LogP contribution in [-0.4, -0.2) is 15.7 Å². The zero-order valence-electron chi connectivity index (χ0n) is 45.7. The van der Waals surface area contributed by atoms with E-state index < -0.39 is 10.8 Å². The molecule has 13 aromatic rings. The van der Waals surface area contributed by atoms with Gasteiger partial charge in [0.05, 0.1) is 21.9 Å². The van der Waals surface area contributed by atoms with Gasteiger partial charge >= 0.3 is 0 Å². The highest BCUT2D eigenvalue weighted by molar-refractivity contribution is 5.99. The molecule has 0 saturated carbocycles. The first kappa shape index (κ1) is 46.0. The number of para-hydroxylation sites is 3. The Hall–Kier alpha value is -10.6. The number of nitrogens with zero attached hydrogens (tertiary/aromatic N) is 2. The molecule has 84 heavy (non-hydrogen) atoms. The molecule has 19 rings (SSSR count). The molecule has 2 atom stereocenters. The van der Waals surface area contributed by atoms with Crippen LogP contribution in [-0.2, 0) is 10.8 Å². The van der Waals surface area contributed by atoms with Crippen LogP contribution in [0.3, 0.4) is 0 Å². The van der Waals surface area contributed by atoms with Gasteiger partial charge in [0.1, 0.15) is 17.7 Å². The summed E-state index contributed by atoms with van der Waals surface area (Å²) >= 11 is 0. The van der Waals surface area contributed by atoms with Crippen LogP contribution in [0.15, 0.2) is 291 Å². The Labute approximate surface area is 487 Å². The molecule has 390 valence electrons. The van der Waals surface area contributed by atoms with Gasteiger partial charge in [0, 0.05) is 28.3 Å². The van der Waals surface area contributed by atoms with E-state index >= 15 is 0 Å². The molecule has 6 aliphatic rings. The van der Waals surface area contributed by atoms with E-state index in [1.807, 2.05) is 0 Å². The molecule has 0 N–H and O–H groups in total. The maximum atomic E-state index is 7.35. The first-order valence-electron chi connectivity index (χ1n) is 29.4. The van der Waals surface area contributed by atoms with Gasteiger partial charge in [-0.25, -0.2) is 4.98 Å². The minimum absolute atomic E-state index is 0.0462. The summed E-state index contributed by atoms with van der Waals surface area (Å²) < 4.78 is 9.64. The zero-order chi connectivity index (χ0) is 54.8. The Kier molecular flexibility index (Phi) is 9.31. The van der Waals surface area contributed by atoms with Gasteiger partial charge in [-0.1, -0.05) is 231 Å². The number of aromatic nitrogens is 2. The number of imidazole rings is 1. The fourth-order valence-corrected chi connectivity index (χ4v) is 16.2. The van der Waals surface area contributed by atoms with Crippen molar-refractivity contribution >= 4 is 16.6 Å². The van der Waals surface area contributed by atoms with Gasteiger partial charge in [-0.05, 0) is 178 Å². The molecule has 1 aliphatic heterocycles. The third kappa shape index (κ3) is 5.97. The lowest BCUT2D eigenvalue weighted by Gasteiger charge is -2.31. The van der Waals surface area contributed by atoms with Crippen molar-refractivity contribution in [2.75, 3.05) is 0 Å². The third-order valence-electron chi connectivity index (χ3n) is 19.6. The van der Waals surface area contributed by atoms with E-state index in [4.69, 9.17) is 9.72 Å². The number of allylic oxidation sites excluding steroid dienone is 2. The van der Waals surface area contributed by atoms with Gasteiger partial charge < -0.3 is 4.74 Å². The lowest BCUT2D eigenvalue weighted by atomic mass is 9.70. The predicted octanol–water partition coefficient (Wildman–Crippen LogP) is 19.2. The van der Waals surface area contributed by atoms with E-state index in [0.29, 0.717) is 0 Å². The summed E-state index contributed by atoms with van der Waals surface area (Å²) in [5.41, 5.74) is 32.5. The fourth-order valence-electron chi connectivity index (χ4n) is 16.2. The maximum absolute atomic E-state index is 7.35. The van der Waals surface area contributed by atoms with Gasteiger partial charge in [-0.15, -0.1) is 0 Å². The average Bonchev–Trinajstić information content (AvgIpc) is 1.61. The molecule has 3 heteroatoms. The van der Waals surface area contributed by atoms with Gasteiger partial charge in [0.15, 0.2) is 0 Å². The largest absolute Gasteiger partial charge is 0.484 e. The van der Waals surface area contributed by atoms with E-state index in [1.54, 1.807) is 0 Å². The van der Waals surface area contributed by atoms with Crippen LogP contribution in [0.4, 0.5) is 0 Å². The van der Waals surface area contributed by atoms with Gasteiger partial charge in [0.25, 0.3) is 0 Å². The maximum Gasteiger partial charge on any atom is 0.145 e. The van der Waals surface area contributed by atoms with E-state index in [9.17, 15) is 0 Å². The van der Waals surface area contributed by atoms with Crippen molar-refractivity contribution in [1.29, 1.82) is 0 Å². The predicted molar refractivity (Wildman–Crippen MR) is 341 cm³/mol. The van der Waals surface area contributed by atoms with Crippen LogP contribution in [0, 0.1) is 0 Å². The van der Waals surface area contributed by atoms with E-state index in [0.717, 1.165) is 50.5 Å². The normalized spacial score (nSPS) is 16.6. The van der Waals surface area contributed by atoms with Crippen LogP contribution < -0.4 is 4.74 Å². The van der Waals surface area contributed by atoms with Crippen LogP contribution in [0.25, 0.3) is 100 Å². The second-order valence-corrected chi connectivity index (χ2v) is 23.5. The van der Waals surface area contributed by atoms with E-state index in [1.165, 1.54) is 111 Å². The highest BCUT2D eigenvalue weighted by atomic mass is 16.5. The highest BCUT2D eigenvalue weighted by Crippen LogP contribution is 2.65. The lowest BCUT2D eigenvalue weighted by Crippen LogP contribution is -2.26. The molecule has 2 unspecified atom stereocenters.